The molecule has 5 heteroatoms. The fraction of sp³-hybridized carbons (Fsp3) is 0.467. The molecular formula is C15H21O4P. The van der Waals surface area contributed by atoms with Gasteiger partial charge in [0.25, 0.3) is 0 Å². The van der Waals surface area contributed by atoms with Gasteiger partial charge in [0.2, 0.25) is 0 Å². The van der Waals surface area contributed by atoms with Gasteiger partial charge in [-0.15, -0.1) is 0 Å². The van der Waals surface area contributed by atoms with Crippen LogP contribution in [0.3, 0.4) is 0 Å². The first-order valence-electron chi connectivity index (χ1n) is 6.77. The summed E-state index contributed by atoms with van der Waals surface area (Å²) in [4.78, 5) is 0. The largest absolute Gasteiger partial charge is 0.475 e. The van der Waals surface area contributed by atoms with Crippen molar-refractivity contribution >= 4 is 7.82 Å². The number of hydrogen-bond donors (Lipinski definition) is 0. The van der Waals surface area contributed by atoms with Crippen molar-refractivity contribution in [2.45, 2.75) is 33.3 Å². The Morgan fingerprint density at radius 3 is 2.20 bits per heavy atom. The van der Waals surface area contributed by atoms with Crippen molar-refractivity contribution in [1.29, 1.82) is 0 Å². The molecule has 1 rings (SSSR count). The van der Waals surface area contributed by atoms with Crippen LogP contribution in [0.2, 0.25) is 0 Å². The summed E-state index contributed by atoms with van der Waals surface area (Å²) >= 11 is 0. The van der Waals surface area contributed by atoms with Crippen LogP contribution in [0.4, 0.5) is 0 Å². The van der Waals surface area contributed by atoms with Crippen LogP contribution in [0.1, 0.15) is 32.8 Å². The van der Waals surface area contributed by atoms with Crippen LogP contribution in [0.15, 0.2) is 30.3 Å². The van der Waals surface area contributed by atoms with Gasteiger partial charge in [0, 0.05) is 5.56 Å². The number of phosphoric ester groups is 1. The third-order valence-electron chi connectivity index (χ3n) is 2.35. The van der Waals surface area contributed by atoms with Gasteiger partial charge in [-0.3, -0.25) is 13.6 Å². The Bertz CT molecular complexity index is 480. The maximum atomic E-state index is 12.3. The van der Waals surface area contributed by atoms with Gasteiger partial charge < -0.3 is 0 Å². The van der Waals surface area contributed by atoms with Gasteiger partial charge in [0.05, 0.1) is 13.2 Å². The average Bonchev–Trinajstić information content (AvgIpc) is 2.45. The number of hydrogen-bond acceptors (Lipinski definition) is 4. The predicted molar refractivity (Wildman–Crippen MR) is 79.3 cm³/mol. The molecule has 0 aromatic heterocycles. The lowest BCUT2D eigenvalue weighted by Gasteiger charge is -2.19. The Balaban J connectivity index is 2.76. The smallest absolute Gasteiger partial charge is 0.287 e. The molecule has 1 aromatic carbocycles. The summed E-state index contributed by atoms with van der Waals surface area (Å²) in [5.74, 6) is 5.95. The molecular weight excluding hydrogens is 275 g/mol. The van der Waals surface area contributed by atoms with E-state index in [1.807, 2.05) is 37.3 Å². The van der Waals surface area contributed by atoms with Gasteiger partial charge in [-0.05, 0) is 32.4 Å². The third kappa shape index (κ3) is 5.90. The number of rotatable bonds is 7. The van der Waals surface area contributed by atoms with Crippen molar-refractivity contribution in [2.24, 2.45) is 0 Å². The minimum Gasteiger partial charge on any atom is -0.287 e. The topological polar surface area (TPSA) is 44.8 Å². The first kappa shape index (κ1) is 16.9. The second-order valence-electron chi connectivity index (χ2n) is 3.92. The number of benzene rings is 1. The van der Waals surface area contributed by atoms with Crippen LogP contribution >= 0.6 is 7.82 Å². The zero-order valence-corrected chi connectivity index (χ0v) is 13.1. The second kappa shape index (κ2) is 8.94. The van der Waals surface area contributed by atoms with E-state index in [4.69, 9.17) is 13.6 Å². The van der Waals surface area contributed by atoms with E-state index in [9.17, 15) is 4.57 Å². The van der Waals surface area contributed by atoms with Gasteiger partial charge in [-0.25, -0.2) is 4.57 Å². The third-order valence-corrected chi connectivity index (χ3v) is 4.01. The van der Waals surface area contributed by atoms with Crippen molar-refractivity contribution < 1.29 is 18.1 Å². The van der Waals surface area contributed by atoms with E-state index in [1.54, 1.807) is 13.8 Å². The van der Waals surface area contributed by atoms with Crippen LogP contribution < -0.4 is 0 Å². The zero-order valence-electron chi connectivity index (χ0n) is 12.2. The second-order valence-corrected chi connectivity index (χ2v) is 5.54. The van der Waals surface area contributed by atoms with Crippen LogP contribution in [-0.2, 0) is 18.1 Å². The molecule has 0 aliphatic rings. The maximum absolute atomic E-state index is 12.3. The molecule has 0 N–H and O–H groups in total. The highest BCUT2D eigenvalue weighted by Gasteiger charge is 2.28. The lowest BCUT2D eigenvalue weighted by molar-refractivity contribution is 0.102. The Morgan fingerprint density at radius 2 is 1.70 bits per heavy atom. The standard InChI is InChI=1S/C15H21O4P/c1-4-15(13-12-14-10-8-7-9-11-14)19-20(16,17-5-2)18-6-3/h7-11,15H,4-6H2,1-3H3. The van der Waals surface area contributed by atoms with Gasteiger partial charge >= 0.3 is 7.82 Å². The summed E-state index contributed by atoms with van der Waals surface area (Å²) in [6.45, 7) is 5.92. The lowest BCUT2D eigenvalue weighted by atomic mass is 10.2. The van der Waals surface area contributed by atoms with Crippen molar-refractivity contribution in [1.82, 2.24) is 0 Å². The predicted octanol–water partition coefficient (Wildman–Crippen LogP) is 4.01. The summed E-state index contributed by atoms with van der Waals surface area (Å²) in [5.41, 5.74) is 0.886. The highest BCUT2D eigenvalue weighted by Crippen LogP contribution is 2.50. The van der Waals surface area contributed by atoms with Crippen molar-refractivity contribution in [2.75, 3.05) is 13.2 Å². The molecule has 0 spiro atoms. The SMILES string of the molecule is CCOP(=O)(OCC)OC(C#Cc1ccccc1)CC. The van der Waals surface area contributed by atoms with Crippen molar-refractivity contribution in [3.63, 3.8) is 0 Å². The first-order chi connectivity index (χ1) is 9.63. The van der Waals surface area contributed by atoms with Crippen molar-refractivity contribution in [3.05, 3.63) is 35.9 Å². The van der Waals surface area contributed by atoms with Gasteiger partial charge in [0.1, 0.15) is 6.10 Å². The summed E-state index contributed by atoms with van der Waals surface area (Å²) in [6.07, 6.45) is 0.114. The van der Waals surface area contributed by atoms with Crippen LogP contribution in [0.25, 0.3) is 0 Å². The molecule has 1 aromatic rings. The van der Waals surface area contributed by atoms with E-state index in [0.29, 0.717) is 6.42 Å². The molecule has 0 heterocycles. The summed E-state index contributed by atoms with van der Waals surface area (Å²) in [7, 11) is -3.52. The molecule has 0 fully saturated rings. The van der Waals surface area contributed by atoms with Gasteiger partial charge in [-0.2, -0.15) is 0 Å². The molecule has 1 atom stereocenters. The Hall–Kier alpha value is -1.11. The molecule has 0 saturated carbocycles. The fourth-order valence-electron chi connectivity index (χ4n) is 1.46. The Morgan fingerprint density at radius 1 is 1.10 bits per heavy atom. The Kier molecular flexibility index (Phi) is 7.58. The molecule has 0 bridgehead atoms. The van der Waals surface area contributed by atoms with E-state index in [0.717, 1.165) is 5.56 Å². The van der Waals surface area contributed by atoms with E-state index in [2.05, 4.69) is 11.8 Å². The molecule has 20 heavy (non-hydrogen) atoms. The quantitative estimate of drug-likeness (QED) is 0.563. The lowest BCUT2D eigenvalue weighted by Crippen LogP contribution is -2.10. The highest BCUT2D eigenvalue weighted by molar-refractivity contribution is 7.48. The molecule has 110 valence electrons. The molecule has 1 unspecified atom stereocenters. The first-order valence-corrected chi connectivity index (χ1v) is 8.23. The minimum atomic E-state index is -3.52. The average molecular weight is 296 g/mol. The fourth-order valence-corrected chi connectivity index (χ4v) is 2.80. The van der Waals surface area contributed by atoms with E-state index >= 15 is 0 Å². The van der Waals surface area contributed by atoms with E-state index < -0.39 is 13.9 Å². The number of phosphoric acid groups is 1. The van der Waals surface area contributed by atoms with Crippen LogP contribution in [0, 0.1) is 11.8 Å². The molecule has 0 radical (unpaired) electrons. The van der Waals surface area contributed by atoms with Gasteiger partial charge in [0.15, 0.2) is 0 Å². The monoisotopic (exact) mass is 296 g/mol. The summed E-state index contributed by atoms with van der Waals surface area (Å²) in [5, 5.41) is 0. The normalized spacial score (nSPS) is 12.6. The Labute approximate surface area is 121 Å². The molecule has 0 saturated heterocycles. The molecule has 4 nitrogen and oxygen atoms in total. The van der Waals surface area contributed by atoms with Crippen molar-refractivity contribution in [3.8, 4) is 11.8 Å². The van der Waals surface area contributed by atoms with E-state index in [1.165, 1.54) is 0 Å². The summed E-state index contributed by atoms with van der Waals surface area (Å²) < 4.78 is 27.9. The van der Waals surface area contributed by atoms with Crippen LogP contribution in [-0.4, -0.2) is 19.3 Å². The summed E-state index contributed by atoms with van der Waals surface area (Å²) in [6, 6.07) is 9.57. The molecule has 0 aliphatic carbocycles. The van der Waals surface area contributed by atoms with E-state index in [-0.39, 0.29) is 13.2 Å². The van der Waals surface area contributed by atoms with Gasteiger partial charge in [-0.1, -0.05) is 37.0 Å². The van der Waals surface area contributed by atoms with Crippen LogP contribution in [0.5, 0.6) is 0 Å². The highest BCUT2D eigenvalue weighted by atomic mass is 31.2. The minimum absolute atomic E-state index is 0.264. The zero-order chi connectivity index (χ0) is 14.8. The molecule has 0 amide bonds. The maximum Gasteiger partial charge on any atom is 0.475 e. The molecule has 0 aliphatic heterocycles.